The van der Waals surface area contributed by atoms with Crippen molar-refractivity contribution in [1.82, 2.24) is 14.2 Å². The Morgan fingerprint density at radius 2 is 1.54 bits per heavy atom. The number of hydrogen-bond donors (Lipinski definition) is 2. The summed E-state index contributed by atoms with van der Waals surface area (Å²) in [6, 6.07) is 12.1. The largest absolute Gasteiger partial charge is 0.451 e. The highest BCUT2D eigenvalue weighted by molar-refractivity contribution is 6.15. The number of primary amides is 1. The molecule has 0 atom stereocenters. The van der Waals surface area contributed by atoms with Crippen molar-refractivity contribution in [3.05, 3.63) is 80.5 Å². The van der Waals surface area contributed by atoms with Gasteiger partial charge in [-0.2, -0.15) is 0 Å². The van der Waals surface area contributed by atoms with Crippen molar-refractivity contribution >= 4 is 66.8 Å². The van der Waals surface area contributed by atoms with Crippen LogP contribution in [0, 0.1) is 5.82 Å². The van der Waals surface area contributed by atoms with Gasteiger partial charge in [-0.1, -0.05) is 31.2 Å². The molecule has 4 heterocycles. The average Bonchev–Trinajstić information content (AvgIpc) is 3.89. The summed E-state index contributed by atoms with van der Waals surface area (Å²) in [6.45, 7) is 14.9. The van der Waals surface area contributed by atoms with E-state index >= 15 is 4.39 Å². The maximum absolute atomic E-state index is 15.3. The first-order chi connectivity index (χ1) is 24.8. The molecule has 2 amide bonds. The topological polar surface area (TPSA) is 140 Å². The summed E-state index contributed by atoms with van der Waals surface area (Å²) in [5.41, 5.74) is 5.20. The SMILES string of the molecule is CC(C)(C)OC(N)=O.CCN1CCCC1.CCNc1c(F)cc2c(=O)c(C(=O)N3CCCC3)cn3c4cc5c(cc4oc1c23)c(=O)c1ccccc15. The van der Waals surface area contributed by atoms with E-state index in [1.54, 1.807) is 48.4 Å². The standard InChI is InChI=1S/C29H22FN3O4.C6H13N.C5H11NO2/c1-2-31-24-21(30)11-19-25-28(24)37-23-13-18-17(15-7-3-4-8-16(15)26(18)34)12-22(23)33(25)14-20(27(19)35)29(36)32-9-5-6-10-32;1-2-7-5-3-4-6-7;1-5(2,3)8-4(6)7/h3-4,7-8,11-14,31H,2,5-6,9-10H2,1H3;2-6H2,1H3;1-3H3,(H2,6,7). The van der Waals surface area contributed by atoms with Gasteiger partial charge in [0, 0.05) is 36.6 Å². The molecule has 6 aromatic rings. The Morgan fingerprint density at radius 3 is 2.12 bits per heavy atom. The van der Waals surface area contributed by atoms with Crippen molar-refractivity contribution in [2.45, 2.75) is 65.9 Å². The van der Waals surface area contributed by atoms with Crippen LogP contribution in [0.5, 0.6) is 0 Å². The smallest absolute Gasteiger partial charge is 0.405 e. The number of nitrogens with zero attached hydrogens (tertiary/aromatic N) is 3. The highest BCUT2D eigenvalue weighted by atomic mass is 19.1. The van der Waals surface area contributed by atoms with E-state index in [-0.39, 0.29) is 33.6 Å². The zero-order chi connectivity index (χ0) is 37.3. The van der Waals surface area contributed by atoms with Crippen molar-refractivity contribution in [2.75, 3.05) is 44.6 Å². The molecule has 0 bridgehead atoms. The van der Waals surface area contributed by atoms with Gasteiger partial charge in [-0.25, -0.2) is 9.18 Å². The third-order valence-electron chi connectivity index (χ3n) is 9.50. The maximum Gasteiger partial charge on any atom is 0.405 e. The Kier molecular flexibility index (Phi) is 10.4. The van der Waals surface area contributed by atoms with Crippen LogP contribution in [-0.4, -0.2) is 71.1 Å². The lowest BCUT2D eigenvalue weighted by Crippen LogP contribution is -2.32. The van der Waals surface area contributed by atoms with Gasteiger partial charge in [0.1, 0.15) is 22.4 Å². The van der Waals surface area contributed by atoms with E-state index in [9.17, 15) is 19.2 Å². The molecule has 0 unspecified atom stereocenters. The number of anilines is 1. The number of likely N-dealkylation sites (tertiary alicyclic amines) is 2. The van der Waals surface area contributed by atoms with Gasteiger partial charge in [-0.05, 0) is 102 Å². The first-order valence-corrected chi connectivity index (χ1v) is 18.0. The Labute approximate surface area is 300 Å². The summed E-state index contributed by atoms with van der Waals surface area (Å²) in [4.78, 5) is 54.2. The molecule has 0 aliphatic carbocycles. The van der Waals surface area contributed by atoms with Crippen LogP contribution in [0.25, 0.3) is 49.1 Å². The molecule has 0 radical (unpaired) electrons. The van der Waals surface area contributed by atoms with Crippen LogP contribution < -0.4 is 21.9 Å². The van der Waals surface area contributed by atoms with Crippen LogP contribution in [0.4, 0.5) is 14.9 Å². The molecule has 0 saturated carbocycles. The third-order valence-corrected chi connectivity index (χ3v) is 9.50. The number of nitrogens with one attached hydrogen (secondary N) is 1. The predicted molar refractivity (Wildman–Crippen MR) is 204 cm³/mol. The first kappa shape index (κ1) is 36.6. The fourth-order valence-electron chi connectivity index (χ4n) is 7.12. The number of carbonyl (C=O) groups excluding carboxylic acids is 2. The van der Waals surface area contributed by atoms with Gasteiger partial charge < -0.3 is 34.4 Å². The van der Waals surface area contributed by atoms with Crippen LogP contribution in [0.2, 0.25) is 0 Å². The van der Waals surface area contributed by atoms with Crippen LogP contribution in [0.15, 0.2) is 62.7 Å². The number of ether oxygens (including phenoxy) is 1. The minimum atomic E-state index is -0.725. The molecule has 2 fully saturated rings. The van der Waals surface area contributed by atoms with E-state index < -0.39 is 22.9 Å². The van der Waals surface area contributed by atoms with E-state index in [4.69, 9.17) is 10.2 Å². The molecule has 2 aromatic heterocycles. The van der Waals surface area contributed by atoms with Crippen molar-refractivity contribution in [1.29, 1.82) is 0 Å². The minimum absolute atomic E-state index is 0.0132. The second-order valence-corrected chi connectivity index (χ2v) is 14.2. The number of aromatic nitrogens is 1. The minimum Gasteiger partial charge on any atom is -0.451 e. The van der Waals surface area contributed by atoms with Crippen molar-refractivity contribution < 1.29 is 23.1 Å². The predicted octanol–water partition coefficient (Wildman–Crippen LogP) is 7.09. The van der Waals surface area contributed by atoms with Crippen molar-refractivity contribution in [2.24, 2.45) is 5.73 Å². The second kappa shape index (κ2) is 14.8. The molecular weight excluding hydrogens is 665 g/mol. The Hall–Kier alpha value is -5.23. The third kappa shape index (κ3) is 7.12. The van der Waals surface area contributed by atoms with Crippen LogP contribution >= 0.6 is 0 Å². The Bertz CT molecular complexity index is 2400. The molecule has 2 aliphatic heterocycles. The molecule has 11 nitrogen and oxygen atoms in total. The molecule has 4 aromatic carbocycles. The highest BCUT2D eigenvalue weighted by Crippen LogP contribution is 2.36. The van der Waals surface area contributed by atoms with Gasteiger partial charge in [0.05, 0.1) is 10.9 Å². The second-order valence-electron chi connectivity index (χ2n) is 14.2. The molecule has 8 rings (SSSR count). The summed E-state index contributed by atoms with van der Waals surface area (Å²) in [6.07, 6.45) is 5.43. The van der Waals surface area contributed by atoms with Gasteiger partial charge in [-0.3, -0.25) is 14.4 Å². The zero-order valence-electron chi connectivity index (χ0n) is 30.4. The molecule has 52 heavy (non-hydrogen) atoms. The summed E-state index contributed by atoms with van der Waals surface area (Å²) in [5, 5.41) is 5.73. The number of pyridine rings is 1. The van der Waals surface area contributed by atoms with Gasteiger partial charge >= 0.3 is 6.09 Å². The summed E-state index contributed by atoms with van der Waals surface area (Å²) in [5.74, 6) is -1.01. The first-order valence-electron chi connectivity index (χ1n) is 18.0. The lowest BCUT2D eigenvalue weighted by molar-refractivity contribution is 0.0599. The number of carbonyl (C=O) groups is 2. The van der Waals surface area contributed by atoms with Gasteiger partial charge in [0.2, 0.25) is 5.43 Å². The molecule has 274 valence electrons. The molecule has 2 saturated heterocycles. The molecule has 2 aliphatic rings. The number of hydrogen-bond acceptors (Lipinski definition) is 8. The average molecular weight is 712 g/mol. The van der Waals surface area contributed by atoms with Crippen LogP contribution in [-0.2, 0) is 4.74 Å². The van der Waals surface area contributed by atoms with Crippen molar-refractivity contribution in [3.63, 3.8) is 0 Å². The Morgan fingerprint density at radius 1 is 0.885 bits per heavy atom. The van der Waals surface area contributed by atoms with E-state index in [1.807, 2.05) is 31.2 Å². The molecular formula is C40H46FN5O6. The number of benzene rings is 3. The summed E-state index contributed by atoms with van der Waals surface area (Å²) >= 11 is 0. The molecule has 12 heteroatoms. The molecule has 0 spiro atoms. The van der Waals surface area contributed by atoms with Gasteiger partial charge in [0.25, 0.3) is 5.91 Å². The summed E-state index contributed by atoms with van der Waals surface area (Å²) < 4.78 is 27.9. The zero-order valence-corrected chi connectivity index (χ0v) is 30.4. The molecule has 3 N–H and O–H groups in total. The maximum atomic E-state index is 15.3. The lowest BCUT2D eigenvalue weighted by Gasteiger charge is -2.18. The number of amides is 2. The van der Waals surface area contributed by atoms with E-state index in [0.717, 1.165) is 23.6 Å². The monoisotopic (exact) mass is 711 g/mol. The van der Waals surface area contributed by atoms with E-state index in [2.05, 4.69) is 21.9 Å². The van der Waals surface area contributed by atoms with Crippen LogP contribution in [0.1, 0.15) is 70.7 Å². The normalized spacial score (nSPS) is 14.9. The van der Waals surface area contributed by atoms with Crippen molar-refractivity contribution in [3.8, 4) is 0 Å². The van der Waals surface area contributed by atoms with Gasteiger partial charge in [-0.15, -0.1) is 0 Å². The quantitative estimate of drug-likeness (QED) is 0.146. The lowest BCUT2D eigenvalue weighted by atomic mass is 10.1. The highest BCUT2D eigenvalue weighted by Gasteiger charge is 2.27. The van der Waals surface area contributed by atoms with Crippen LogP contribution in [0.3, 0.4) is 0 Å². The van der Waals surface area contributed by atoms with E-state index in [1.165, 1.54) is 38.5 Å². The fraction of sp³-hybridized carbons (Fsp3) is 0.400. The van der Waals surface area contributed by atoms with Gasteiger partial charge in [0.15, 0.2) is 22.4 Å². The number of halogens is 1. The summed E-state index contributed by atoms with van der Waals surface area (Å²) in [7, 11) is 0. The number of fused-ring (bicyclic) bond motifs is 5. The number of nitrogens with two attached hydrogens (primary N) is 1. The number of rotatable bonds is 4. The fourth-order valence-corrected chi connectivity index (χ4v) is 7.12. The Balaban J connectivity index is 0.000000259. The van der Waals surface area contributed by atoms with E-state index in [0.29, 0.717) is 47.0 Å².